The fourth-order valence-electron chi connectivity index (χ4n) is 1.40. The van der Waals surface area contributed by atoms with Crippen LogP contribution in [-0.2, 0) is 0 Å². The quantitative estimate of drug-likeness (QED) is 0.631. The molecule has 0 aliphatic rings. The number of amides is 2. The van der Waals surface area contributed by atoms with Gasteiger partial charge in [-0.15, -0.1) is 6.42 Å². The summed E-state index contributed by atoms with van der Waals surface area (Å²) in [7, 11) is 0. The van der Waals surface area contributed by atoms with Gasteiger partial charge in [0.1, 0.15) is 0 Å². The minimum absolute atomic E-state index is 0.0471. The van der Waals surface area contributed by atoms with Crippen LogP contribution in [0.4, 0.5) is 10.5 Å². The topological polar surface area (TPSA) is 58.2 Å². The van der Waals surface area contributed by atoms with Crippen LogP contribution >= 0.6 is 0 Å². The number of benzene rings is 1. The zero-order valence-electron chi connectivity index (χ0n) is 10.5. The molecular weight excluding hydrogens is 228 g/mol. The van der Waals surface area contributed by atoms with Crippen molar-refractivity contribution in [1.29, 1.82) is 0 Å². The van der Waals surface area contributed by atoms with E-state index in [1.54, 1.807) is 24.3 Å². The van der Waals surface area contributed by atoms with Crippen molar-refractivity contribution in [2.24, 2.45) is 0 Å². The Bertz CT molecular complexity index is 489. The van der Waals surface area contributed by atoms with Gasteiger partial charge in [0, 0.05) is 11.3 Å². The van der Waals surface area contributed by atoms with Crippen LogP contribution in [0.2, 0.25) is 0 Å². The molecule has 0 aromatic heterocycles. The van der Waals surface area contributed by atoms with Gasteiger partial charge < -0.3 is 10.6 Å². The monoisotopic (exact) mass is 244 g/mol. The van der Waals surface area contributed by atoms with Gasteiger partial charge in [-0.25, -0.2) is 4.79 Å². The molecule has 0 heterocycles. The van der Waals surface area contributed by atoms with E-state index in [0.29, 0.717) is 17.7 Å². The number of anilines is 1. The van der Waals surface area contributed by atoms with Gasteiger partial charge in [0.15, 0.2) is 5.78 Å². The Morgan fingerprint density at radius 1 is 1.44 bits per heavy atom. The molecule has 2 N–H and O–H groups in total. The highest BCUT2D eigenvalue weighted by Crippen LogP contribution is 2.11. The highest BCUT2D eigenvalue weighted by atomic mass is 16.2. The van der Waals surface area contributed by atoms with E-state index < -0.39 is 0 Å². The van der Waals surface area contributed by atoms with Gasteiger partial charge in [-0.2, -0.15) is 0 Å². The summed E-state index contributed by atoms with van der Waals surface area (Å²) in [6, 6.07) is 6.08. The zero-order valence-corrected chi connectivity index (χ0v) is 10.5. The van der Waals surface area contributed by atoms with E-state index in [-0.39, 0.29) is 17.9 Å². The molecular formula is C14H16N2O2. The third kappa shape index (κ3) is 3.95. The molecule has 0 spiro atoms. The van der Waals surface area contributed by atoms with E-state index in [4.69, 9.17) is 6.42 Å². The lowest BCUT2D eigenvalue weighted by Crippen LogP contribution is -2.36. The molecule has 0 aliphatic carbocycles. The third-order valence-electron chi connectivity index (χ3n) is 2.44. The van der Waals surface area contributed by atoms with Crippen molar-refractivity contribution in [3.8, 4) is 12.3 Å². The van der Waals surface area contributed by atoms with E-state index >= 15 is 0 Å². The second-order valence-electron chi connectivity index (χ2n) is 3.86. The fourth-order valence-corrected chi connectivity index (χ4v) is 1.40. The molecule has 0 saturated heterocycles. The fraction of sp³-hybridized carbons (Fsp3) is 0.286. The molecule has 0 fully saturated rings. The Hall–Kier alpha value is -2.28. The Balaban J connectivity index is 2.68. The van der Waals surface area contributed by atoms with Gasteiger partial charge in [-0.05, 0) is 25.5 Å². The summed E-state index contributed by atoms with van der Waals surface area (Å²) in [4.78, 5) is 22.8. The first kappa shape index (κ1) is 13.8. The number of hydrogen-bond donors (Lipinski definition) is 2. The lowest BCUT2D eigenvalue weighted by Gasteiger charge is -2.12. The molecule has 0 radical (unpaired) electrons. The molecule has 1 rings (SSSR count). The standard InChI is InChI=1S/C14H16N2O2/c1-4-12(5-2)15-14(18)16-13-8-6-7-11(9-13)10(3)17/h1,6-9,12H,5H2,2-3H3,(H2,15,16,18). The molecule has 2 amide bonds. The first-order chi connectivity index (χ1) is 8.56. The number of terminal acetylenes is 1. The number of carbonyl (C=O) groups is 2. The van der Waals surface area contributed by atoms with E-state index in [0.717, 1.165) is 0 Å². The minimum atomic E-state index is -0.375. The third-order valence-corrected chi connectivity index (χ3v) is 2.44. The van der Waals surface area contributed by atoms with Crippen LogP contribution in [0, 0.1) is 12.3 Å². The average molecular weight is 244 g/mol. The highest BCUT2D eigenvalue weighted by Gasteiger charge is 2.08. The van der Waals surface area contributed by atoms with Crippen molar-refractivity contribution in [3.63, 3.8) is 0 Å². The molecule has 18 heavy (non-hydrogen) atoms. The van der Waals surface area contributed by atoms with Crippen molar-refractivity contribution in [3.05, 3.63) is 29.8 Å². The van der Waals surface area contributed by atoms with Gasteiger partial charge in [0.2, 0.25) is 0 Å². The molecule has 0 aliphatic heterocycles. The van der Waals surface area contributed by atoms with Crippen LogP contribution in [0.5, 0.6) is 0 Å². The van der Waals surface area contributed by atoms with E-state index in [1.165, 1.54) is 6.92 Å². The van der Waals surface area contributed by atoms with Crippen LogP contribution in [0.1, 0.15) is 30.6 Å². The predicted molar refractivity (Wildman–Crippen MR) is 71.5 cm³/mol. The molecule has 1 aromatic rings. The number of urea groups is 1. The van der Waals surface area contributed by atoms with Crippen molar-refractivity contribution in [2.75, 3.05) is 5.32 Å². The number of rotatable bonds is 4. The maximum atomic E-state index is 11.6. The molecule has 0 saturated carbocycles. The van der Waals surface area contributed by atoms with E-state index in [9.17, 15) is 9.59 Å². The minimum Gasteiger partial charge on any atom is -0.324 e. The lowest BCUT2D eigenvalue weighted by molar-refractivity contribution is 0.101. The van der Waals surface area contributed by atoms with Gasteiger partial charge in [0.25, 0.3) is 0 Å². The number of nitrogens with one attached hydrogen (secondary N) is 2. The smallest absolute Gasteiger partial charge is 0.320 e. The number of Topliss-reactive ketones (excluding diaryl/α,β-unsaturated/α-hetero) is 1. The molecule has 4 heteroatoms. The normalized spacial score (nSPS) is 11.2. The largest absolute Gasteiger partial charge is 0.324 e. The number of hydrogen-bond acceptors (Lipinski definition) is 2. The second kappa shape index (κ2) is 6.45. The second-order valence-corrected chi connectivity index (χ2v) is 3.86. The molecule has 94 valence electrons. The van der Waals surface area contributed by atoms with E-state index in [2.05, 4.69) is 16.6 Å². The van der Waals surface area contributed by atoms with Crippen molar-refractivity contribution < 1.29 is 9.59 Å². The lowest BCUT2D eigenvalue weighted by atomic mass is 10.1. The van der Waals surface area contributed by atoms with Gasteiger partial charge >= 0.3 is 6.03 Å². The summed E-state index contributed by atoms with van der Waals surface area (Å²) in [6.45, 7) is 3.37. The summed E-state index contributed by atoms with van der Waals surface area (Å²) < 4.78 is 0. The van der Waals surface area contributed by atoms with Gasteiger partial charge in [-0.1, -0.05) is 25.0 Å². The Labute approximate surface area is 107 Å². The number of carbonyl (C=O) groups excluding carboxylic acids is 2. The average Bonchev–Trinajstić information content (AvgIpc) is 2.36. The SMILES string of the molecule is C#CC(CC)NC(=O)Nc1cccc(C(C)=O)c1. The van der Waals surface area contributed by atoms with Crippen molar-refractivity contribution >= 4 is 17.5 Å². The summed E-state index contributed by atoms with van der Waals surface area (Å²) >= 11 is 0. The van der Waals surface area contributed by atoms with Gasteiger partial charge in [-0.3, -0.25) is 4.79 Å². The van der Waals surface area contributed by atoms with Crippen LogP contribution in [-0.4, -0.2) is 17.9 Å². The molecule has 0 bridgehead atoms. The van der Waals surface area contributed by atoms with Crippen LogP contribution in [0.25, 0.3) is 0 Å². The molecule has 1 aromatic carbocycles. The predicted octanol–water partition coefficient (Wildman–Crippen LogP) is 2.42. The zero-order chi connectivity index (χ0) is 13.5. The first-order valence-electron chi connectivity index (χ1n) is 5.71. The van der Waals surface area contributed by atoms with Crippen molar-refractivity contribution in [2.45, 2.75) is 26.3 Å². The molecule has 4 nitrogen and oxygen atoms in total. The van der Waals surface area contributed by atoms with Crippen molar-refractivity contribution in [1.82, 2.24) is 5.32 Å². The Morgan fingerprint density at radius 3 is 2.72 bits per heavy atom. The molecule has 1 atom stereocenters. The molecule has 1 unspecified atom stereocenters. The Kier molecular flexibility index (Phi) is 4.94. The summed E-state index contributed by atoms with van der Waals surface area (Å²) in [5, 5.41) is 5.28. The Morgan fingerprint density at radius 2 is 2.17 bits per heavy atom. The number of ketones is 1. The van der Waals surface area contributed by atoms with Crippen LogP contribution in [0.3, 0.4) is 0 Å². The maximum Gasteiger partial charge on any atom is 0.320 e. The van der Waals surface area contributed by atoms with Gasteiger partial charge in [0.05, 0.1) is 6.04 Å². The first-order valence-corrected chi connectivity index (χ1v) is 5.71. The highest BCUT2D eigenvalue weighted by molar-refractivity contribution is 5.96. The van der Waals surface area contributed by atoms with E-state index in [1.807, 2.05) is 6.92 Å². The van der Waals surface area contributed by atoms with Crippen LogP contribution < -0.4 is 10.6 Å². The van der Waals surface area contributed by atoms with Crippen LogP contribution in [0.15, 0.2) is 24.3 Å². The summed E-state index contributed by atoms with van der Waals surface area (Å²) in [6.07, 6.45) is 5.92. The summed E-state index contributed by atoms with van der Waals surface area (Å²) in [5.74, 6) is 2.42. The summed E-state index contributed by atoms with van der Waals surface area (Å²) in [5.41, 5.74) is 1.11. The maximum absolute atomic E-state index is 11.6.